The first-order chi connectivity index (χ1) is 12.7. The number of rotatable bonds is 2. The minimum absolute atomic E-state index is 0.100. The van der Waals surface area contributed by atoms with Gasteiger partial charge in [0, 0.05) is 67.6 Å². The largest absolute Gasteiger partial charge is 0.356 e. The Morgan fingerprint density at radius 2 is 2.00 bits per heavy atom. The molecule has 1 N–H and O–H groups in total. The summed E-state index contributed by atoms with van der Waals surface area (Å²) in [5.74, 6) is 2.12. The van der Waals surface area contributed by atoms with Gasteiger partial charge in [0.2, 0.25) is 0 Å². The second-order valence-electron chi connectivity index (χ2n) is 7.27. The summed E-state index contributed by atoms with van der Waals surface area (Å²) in [6.07, 6.45) is 6.98. The van der Waals surface area contributed by atoms with Crippen LogP contribution in [0.2, 0.25) is 0 Å². The summed E-state index contributed by atoms with van der Waals surface area (Å²) in [5.41, 5.74) is 2.59. The molecule has 2 unspecified atom stereocenters. The third-order valence-electron chi connectivity index (χ3n) is 5.62. The number of amides is 1. The Hall–Kier alpha value is -2.96. The van der Waals surface area contributed by atoms with Crippen molar-refractivity contribution in [3.05, 3.63) is 48.2 Å². The summed E-state index contributed by atoms with van der Waals surface area (Å²) in [6.45, 7) is 5.54. The molecule has 2 aliphatic heterocycles. The van der Waals surface area contributed by atoms with Crippen molar-refractivity contribution in [2.45, 2.75) is 6.92 Å². The van der Waals surface area contributed by atoms with Gasteiger partial charge >= 0.3 is 0 Å². The Bertz CT molecular complexity index is 969. The molecule has 0 spiro atoms. The molecule has 5 rings (SSSR count). The predicted octanol–water partition coefficient (Wildman–Crippen LogP) is 1.87. The minimum atomic E-state index is 0.100. The number of aromatic amines is 1. The van der Waals surface area contributed by atoms with E-state index in [1.807, 2.05) is 30.2 Å². The number of hydrogen-bond donors (Lipinski definition) is 1. The van der Waals surface area contributed by atoms with Crippen LogP contribution < -0.4 is 4.90 Å². The van der Waals surface area contributed by atoms with Crippen LogP contribution in [0.5, 0.6) is 0 Å². The van der Waals surface area contributed by atoms with Gasteiger partial charge in [0.05, 0.1) is 5.56 Å². The van der Waals surface area contributed by atoms with Crippen LogP contribution >= 0.6 is 0 Å². The van der Waals surface area contributed by atoms with Gasteiger partial charge in [-0.1, -0.05) is 0 Å². The summed E-state index contributed by atoms with van der Waals surface area (Å²) in [4.78, 5) is 33.2. The molecule has 0 aliphatic carbocycles. The molecule has 5 heterocycles. The lowest BCUT2D eigenvalue weighted by Gasteiger charge is -2.23. The van der Waals surface area contributed by atoms with Crippen LogP contribution in [0, 0.1) is 18.8 Å². The van der Waals surface area contributed by atoms with Crippen molar-refractivity contribution in [1.29, 1.82) is 0 Å². The number of carbonyl (C=O) groups excluding carboxylic acids is 1. The fraction of sp³-hybridized carbons (Fsp3) is 0.368. The average molecular weight is 348 g/mol. The smallest absolute Gasteiger partial charge is 0.256 e. The maximum Gasteiger partial charge on any atom is 0.256 e. The molecule has 0 radical (unpaired) electrons. The van der Waals surface area contributed by atoms with Crippen molar-refractivity contribution in [3.8, 4) is 0 Å². The van der Waals surface area contributed by atoms with Gasteiger partial charge in [-0.2, -0.15) is 0 Å². The minimum Gasteiger partial charge on any atom is -0.356 e. The van der Waals surface area contributed by atoms with Crippen molar-refractivity contribution < 1.29 is 4.79 Å². The van der Waals surface area contributed by atoms with E-state index < -0.39 is 0 Å². The summed E-state index contributed by atoms with van der Waals surface area (Å²) >= 11 is 0. The van der Waals surface area contributed by atoms with Crippen molar-refractivity contribution in [3.63, 3.8) is 0 Å². The molecule has 0 saturated carbocycles. The first kappa shape index (κ1) is 15.3. The quantitative estimate of drug-likeness (QED) is 0.765. The number of nitrogens with zero attached hydrogens (tertiary/aromatic N) is 5. The fourth-order valence-corrected chi connectivity index (χ4v) is 4.36. The zero-order chi connectivity index (χ0) is 17.7. The highest BCUT2D eigenvalue weighted by Gasteiger charge is 2.42. The Balaban J connectivity index is 1.32. The molecular formula is C19H20N6O. The van der Waals surface area contributed by atoms with Crippen LogP contribution in [0.15, 0.2) is 37.1 Å². The van der Waals surface area contributed by atoms with Gasteiger partial charge in [0.15, 0.2) is 0 Å². The van der Waals surface area contributed by atoms with E-state index in [2.05, 4.69) is 24.8 Å². The molecule has 2 aliphatic rings. The summed E-state index contributed by atoms with van der Waals surface area (Å²) < 4.78 is 0. The second-order valence-corrected chi connectivity index (χ2v) is 7.27. The normalized spacial score (nSPS) is 22.2. The van der Waals surface area contributed by atoms with E-state index in [0.29, 0.717) is 11.8 Å². The topological polar surface area (TPSA) is 78.0 Å². The highest BCUT2D eigenvalue weighted by Crippen LogP contribution is 2.35. The monoisotopic (exact) mass is 348 g/mol. The Morgan fingerprint density at radius 3 is 2.77 bits per heavy atom. The molecule has 3 aromatic heterocycles. The molecule has 2 saturated heterocycles. The number of aromatic nitrogens is 4. The average Bonchev–Trinajstić information content (AvgIpc) is 3.34. The third kappa shape index (κ3) is 2.34. The molecule has 0 aromatic carbocycles. The van der Waals surface area contributed by atoms with Crippen LogP contribution in [0.4, 0.5) is 5.82 Å². The van der Waals surface area contributed by atoms with Gasteiger partial charge < -0.3 is 14.8 Å². The maximum atomic E-state index is 13.0. The van der Waals surface area contributed by atoms with Crippen LogP contribution in [0.1, 0.15) is 15.9 Å². The van der Waals surface area contributed by atoms with E-state index in [9.17, 15) is 4.79 Å². The first-order valence-electron chi connectivity index (χ1n) is 8.93. The van der Waals surface area contributed by atoms with E-state index in [0.717, 1.165) is 54.2 Å². The summed E-state index contributed by atoms with van der Waals surface area (Å²) in [6, 6.07) is 3.82. The number of nitrogens with one attached hydrogen (secondary N) is 1. The highest BCUT2D eigenvalue weighted by atomic mass is 16.2. The van der Waals surface area contributed by atoms with Crippen LogP contribution in [0.3, 0.4) is 0 Å². The summed E-state index contributed by atoms with van der Waals surface area (Å²) in [5, 5.41) is 0.896. The van der Waals surface area contributed by atoms with Crippen LogP contribution in [-0.2, 0) is 0 Å². The lowest BCUT2D eigenvalue weighted by Crippen LogP contribution is -2.33. The zero-order valence-corrected chi connectivity index (χ0v) is 14.6. The molecule has 2 fully saturated rings. The van der Waals surface area contributed by atoms with Gasteiger partial charge in [-0.15, -0.1) is 0 Å². The molecule has 3 aromatic rings. The molecule has 1 amide bonds. The number of anilines is 1. The fourth-order valence-electron chi connectivity index (χ4n) is 4.36. The molecule has 2 atom stereocenters. The number of aryl methyl sites for hydroxylation is 1. The third-order valence-corrected chi connectivity index (χ3v) is 5.62. The number of likely N-dealkylation sites (tertiary alicyclic amines) is 1. The Morgan fingerprint density at radius 1 is 1.19 bits per heavy atom. The molecule has 7 heteroatoms. The van der Waals surface area contributed by atoms with Gasteiger partial charge in [-0.3, -0.25) is 4.79 Å². The van der Waals surface area contributed by atoms with Gasteiger partial charge in [-0.25, -0.2) is 15.0 Å². The number of hydrogen-bond acceptors (Lipinski definition) is 5. The van der Waals surface area contributed by atoms with Crippen molar-refractivity contribution in [2.24, 2.45) is 11.8 Å². The second kappa shape index (κ2) is 5.79. The van der Waals surface area contributed by atoms with E-state index >= 15 is 0 Å². The Kier molecular flexibility index (Phi) is 3.41. The standard InChI is InChI=1S/C19H20N6O/c1-12-5-20-11-23-18(12)24-7-13-9-25(10-14(13)8-24)19(26)16-6-22-17-15(16)3-2-4-21-17/h2-6,11,13-14H,7-10H2,1H3,(H,21,22). The van der Waals surface area contributed by atoms with Gasteiger partial charge in [-0.05, 0) is 19.1 Å². The van der Waals surface area contributed by atoms with Crippen molar-refractivity contribution >= 4 is 22.8 Å². The molecule has 7 nitrogen and oxygen atoms in total. The maximum absolute atomic E-state index is 13.0. The van der Waals surface area contributed by atoms with Gasteiger partial charge in [0.25, 0.3) is 5.91 Å². The predicted molar refractivity (Wildman–Crippen MR) is 98.0 cm³/mol. The first-order valence-corrected chi connectivity index (χ1v) is 8.93. The van der Waals surface area contributed by atoms with E-state index in [1.54, 1.807) is 18.7 Å². The number of fused-ring (bicyclic) bond motifs is 2. The van der Waals surface area contributed by atoms with Crippen LogP contribution in [-0.4, -0.2) is 56.9 Å². The highest BCUT2D eigenvalue weighted by molar-refractivity contribution is 6.06. The molecule has 0 bridgehead atoms. The molecular weight excluding hydrogens is 328 g/mol. The lowest BCUT2D eigenvalue weighted by atomic mass is 10.0. The molecule has 26 heavy (non-hydrogen) atoms. The molecule has 132 valence electrons. The van der Waals surface area contributed by atoms with E-state index in [4.69, 9.17) is 0 Å². The Labute approximate surface area is 151 Å². The van der Waals surface area contributed by atoms with Crippen molar-refractivity contribution in [2.75, 3.05) is 31.1 Å². The zero-order valence-electron chi connectivity index (χ0n) is 14.6. The van der Waals surface area contributed by atoms with Gasteiger partial charge in [0.1, 0.15) is 17.8 Å². The summed E-state index contributed by atoms with van der Waals surface area (Å²) in [7, 11) is 0. The van der Waals surface area contributed by atoms with E-state index in [1.165, 1.54) is 0 Å². The number of pyridine rings is 1. The van der Waals surface area contributed by atoms with Crippen molar-refractivity contribution in [1.82, 2.24) is 24.8 Å². The SMILES string of the molecule is Cc1cncnc1N1CC2CN(C(=O)c3c[nH]c4ncccc34)CC2C1. The number of carbonyl (C=O) groups is 1. The van der Waals surface area contributed by atoms with E-state index in [-0.39, 0.29) is 5.91 Å². The number of H-pyrrole nitrogens is 1. The lowest BCUT2D eigenvalue weighted by molar-refractivity contribution is 0.0784. The van der Waals surface area contributed by atoms with Crippen LogP contribution in [0.25, 0.3) is 11.0 Å².